The van der Waals surface area contributed by atoms with Crippen LogP contribution in [0.1, 0.15) is 42.2 Å². The van der Waals surface area contributed by atoms with E-state index in [9.17, 15) is 9.90 Å². The molecule has 0 aliphatic heterocycles. The zero-order valence-electron chi connectivity index (χ0n) is 22.1. The number of hydrogen-bond donors (Lipinski definition) is 1. The van der Waals surface area contributed by atoms with Gasteiger partial charge in [0, 0.05) is 30.2 Å². The molecule has 1 unspecified atom stereocenters. The Bertz CT molecular complexity index is 1380. The number of ether oxygens (including phenoxy) is 4. The molecule has 0 radical (unpaired) electrons. The molecule has 0 saturated carbocycles. The van der Waals surface area contributed by atoms with Crippen LogP contribution in [-0.4, -0.2) is 17.7 Å². The molecule has 0 fully saturated rings. The van der Waals surface area contributed by atoms with E-state index >= 15 is 0 Å². The van der Waals surface area contributed by atoms with Gasteiger partial charge in [-0.25, -0.2) is 0 Å². The van der Waals surface area contributed by atoms with E-state index in [4.69, 9.17) is 18.9 Å². The van der Waals surface area contributed by atoms with Gasteiger partial charge in [0.05, 0.1) is 6.61 Å². The Kier molecular flexibility index (Phi) is 9.75. The Labute approximate surface area is 229 Å². The van der Waals surface area contributed by atoms with Crippen LogP contribution in [-0.2, 0) is 18.0 Å². The second-order valence-electron chi connectivity index (χ2n) is 8.78. The number of hydrogen-bond acceptors (Lipinski definition) is 6. The lowest BCUT2D eigenvalue weighted by molar-refractivity contribution is -0.131. The molecule has 0 heterocycles. The molecule has 4 aromatic rings. The summed E-state index contributed by atoms with van der Waals surface area (Å²) in [5.41, 5.74) is 3.30. The molecule has 200 valence electrons. The van der Waals surface area contributed by atoms with Crippen molar-refractivity contribution in [3.8, 4) is 23.0 Å². The zero-order valence-corrected chi connectivity index (χ0v) is 22.1. The fourth-order valence-electron chi connectivity index (χ4n) is 3.90. The first-order valence-electron chi connectivity index (χ1n) is 12.8. The van der Waals surface area contributed by atoms with Gasteiger partial charge in [0.25, 0.3) is 0 Å². The zero-order chi connectivity index (χ0) is 27.5. The van der Waals surface area contributed by atoms with Gasteiger partial charge < -0.3 is 24.1 Å². The molecule has 1 atom stereocenters. The lowest BCUT2D eigenvalue weighted by Crippen LogP contribution is -2.06. The van der Waals surface area contributed by atoms with Gasteiger partial charge in [0.15, 0.2) is 0 Å². The van der Waals surface area contributed by atoms with E-state index in [-0.39, 0.29) is 5.75 Å². The summed E-state index contributed by atoms with van der Waals surface area (Å²) in [7, 11) is 0. The summed E-state index contributed by atoms with van der Waals surface area (Å²) in [6, 6.07) is 30.4. The molecule has 0 spiro atoms. The topological polar surface area (TPSA) is 74.2 Å². The maximum Gasteiger partial charge on any atom is 0.308 e. The van der Waals surface area contributed by atoms with Gasteiger partial charge in [-0.2, -0.15) is 0 Å². The second-order valence-corrected chi connectivity index (χ2v) is 8.78. The minimum absolute atomic E-state index is 0.246. The Hall–Kier alpha value is -4.55. The van der Waals surface area contributed by atoms with Crippen molar-refractivity contribution in [1.82, 2.24) is 0 Å². The molecule has 0 aliphatic carbocycles. The highest BCUT2D eigenvalue weighted by Crippen LogP contribution is 2.33. The van der Waals surface area contributed by atoms with Crippen molar-refractivity contribution in [3.63, 3.8) is 0 Å². The van der Waals surface area contributed by atoms with Crippen LogP contribution in [0.3, 0.4) is 0 Å². The van der Waals surface area contributed by atoms with Crippen molar-refractivity contribution in [2.45, 2.75) is 33.2 Å². The molecule has 6 nitrogen and oxygen atoms in total. The quantitative estimate of drug-likeness (QED) is 0.160. The summed E-state index contributed by atoms with van der Waals surface area (Å²) in [4.78, 5) is 11.7. The molecule has 4 rings (SSSR count). The van der Waals surface area contributed by atoms with Gasteiger partial charge in [-0.05, 0) is 42.3 Å². The molecule has 0 saturated heterocycles. The molecule has 0 bridgehead atoms. The highest BCUT2D eigenvalue weighted by atomic mass is 16.5. The van der Waals surface area contributed by atoms with Crippen LogP contribution in [0.5, 0.6) is 23.0 Å². The summed E-state index contributed by atoms with van der Waals surface area (Å²) in [5, 5.41) is 11.0. The van der Waals surface area contributed by atoms with Crippen molar-refractivity contribution >= 4 is 12.0 Å². The summed E-state index contributed by atoms with van der Waals surface area (Å²) in [5.74, 6) is 1.60. The van der Waals surface area contributed by atoms with Crippen LogP contribution >= 0.6 is 0 Å². The SMILES string of the molecule is CCOc1ccc(C(O)C=Cc2ccc(OCc3ccccc3)cc2OCc2ccccc2)c(OC(C)=O)c1. The monoisotopic (exact) mass is 524 g/mol. The molecule has 0 aromatic heterocycles. The highest BCUT2D eigenvalue weighted by molar-refractivity contribution is 5.70. The van der Waals surface area contributed by atoms with E-state index in [1.807, 2.05) is 85.8 Å². The number of aliphatic hydroxyl groups is 1. The standard InChI is InChI=1S/C33H32O6/c1-3-36-28-17-18-30(33(21-28)39-24(2)34)31(35)19-15-27-14-16-29(37-22-25-10-6-4-7-11-25)20-32(27)38-23-26-12-8-5-9-13-26/h4-21,31,35H,3,22-23H2,1-2H3. The molecular formula is C33H32O6. The molecule has 1 N–H and O–H groups in total. The number of carbonyl (C=O) groups is 1. The van der Waals surface area contributed by atoms with Crippen LogP contribution < -0.4 is 18.9 Å². The van der Waals surface area contributed by atoms with Crippen LogP contribution in [0.15, 0.2) is 103 Å². The van der Waals surface area contributed by atoms with Crippen molar-refractivity contribution < 1.29 is 28.8 Å². The van der Waals surface area contributed by atoms with Crippen molar-refractivity contribution in [2.24, 2.45) is 0 Å². The first-order chi connectivity index (χ1) is 19.0. The number of rotatable bonds is 12. The number of carbonyl (C=O) groups excluding carboxylic acids is 1. The van der Waals surface area contributed by atoms with Crippen LogP contribution in [0.2, 0.25) is 0 Å². The minimum Gasteiger partial charge on any atom is -0.494 e. The first kappa shape index (κ1) is 27.5. The molecule has 0 aliphatic rings. The number of esters is 1. The lowest BCUT2D eigenvalue weighted by Gasteiger charge is -2.15. The molecular weight excluding hydrogens is 492 g/mol. The summed E-state index contributed by atoms with van der Waals surface area (Å²) >= 11 is 0. The van der Waals surface area contributed by atoms with E-state index < -0.39 is 12.1 Å². The van der Waals surface area contributed by atoms with Gasteiger partial charge in [-0.1, -0.05) is 72.8 Å². The van der Waals surface area contributed by atoms with Crippen molar-refractivity contribution in [1.29, 1.82) is 0 Å². The smallest absolute Gasteiger partial charge is 0.308 e. The number of aliphatic hydroxyl groups excluding tert-OH is 1. The summed E-state index contributed by atoms with van der Waals surface area (Å²) < 4.78 is 23.0. The molecule has 6 heteroatoms. The Morgan fingerprint density at radius 1 is 0.769 bits per heavy atom. The third-order valence-electron chi connectivity index (χ3n) is 5.80. The summed E-state index contributed by atoms with van der Waals surface area (Å²) in [6.07, 6.45) is 2.36. The van der Waals surface area contributed by atoms with Gasteiger partial charge in [-0.15, -0.1) is 0 Å². The van der Waals surface area contributed by atoms with E-state index in [1.54, 1.807) is 30.4 Å². The van der Waals surface area contributed by atoms with Crippen LogP contribution in [0.25, 0.3) is 6.08 Å². The molecule has 0 amide bonds. The van der Waals surface area contributed by atoms with Crippen LogP contribution in [0.4, 0.5) is 0 Å². The van der Waals surface area contributed by atoms with Gasteiger partial charge in [0.2, 0.25) is 0 Å². The normalized spacial score (nSPS) is 11.7. The average molecular weight is 525 g/mol. The van der Waals surface area contributed by atoms with Crippen molar-refractivity contribution in [2.75, 3.05) is 6.61 Å². The van der Waals surface area contributed by atoms with Gasteiger partial charge in [0.1, 0.15) is 42.3 Å². The van der Waals surface area contributed by atoms with Gasteiger partial charge in [-0.3, -0.25) is 4.79 Å². The predicted molar refractivity (Wildman–Crippen MR) is 151 cm³/mol. The fourth-order valence-corrected chi connectivity index (χ4v) is 3.90. The lowest BCUT2D eigenvalue weighted by atomic mass is 10.1. The fraction of sp³-hybridized carbons (Fsp3) is 0.182. The van der Waals surface area contributed by atoms with E-state index in [1.165, 1.54) is 6.92 Å². The summed E-state index contributed by atoms with van der Waals surface area (Å²) in [6.45, 7) is 4.47. The Morgan fingerprint density at radius 3 is 2.00 bits per heavy atom. The third-order valence-corrected chi connectivity index (χ3v) is 5.80. The largest absolute Gasteiger partial charge is 0.494 e. The first-order valence-corrected chi connectivity index (χ1v) is 12.8. The minimum atomic E-state index is -1.04. The second kappa shape index (κ2) is 13.8. The van der Waals surface area contributed by atoms with E-state index in [0.29, 0.717) is 42.6 Å². The maximum absolute atomic E-state index is 11.7. The van der Waals surface area contributed by atoms with E-state index in [2.05, 4.69) is 0 Å². The Morgan fingerprint density at radius 2 is 1.36 bits per heavy atom. The average Bonchev–Trinajstić information content (AvgIpc) is 2.95. The molecule has 4 aromatic carbocycles. The highest BCUT2D eigenvalue weighted by Gasteiger charge is 2.15. The van der Waals surface area contributed by atoms with Crippen molar-refractivity contribution in [3.05, 3.63) is 125 Å². The van der Waals surface area contributed by atoms with Gasteiger partial charge >= 0.3 is 5.97 Å². The Balaban J connectivity index is 1.56. The van der Waals surface area contributed by atoms with E-state index in [0.717, 1.165) is 16.7 Å². The number of benzene rings is 4. The molecule has 39 heavy (non-hydrogen) atoms. The third kappa shape index (κ3) is 8.22. The van der Waals surface area contributed by atoms with Crippen LogP contribution in [0, 0.1) is 0 Å². The predicted octanol–water partition coefficient (Wildman–Crippen LogP) is 6.92. The maximum atomic E-state index is 11.7.